The second kappa shape index (κ2) is 7.14. The number of hydrogen-bond donors (Lipinski definition) is 2. The van der Waals surface area contributed by atoms with Crippen LogP contribution in [0, 0.1) is 0 Å². The summed E-state index contributed by atoms with van der Waals surface area (Å²) < 4.78 is 37.7. The number of rotatable bonds is 7. The minimum absolute atomic E-state index is 0.0377. The van der Waals surface area contributed by atoms with Crippen molar-refractivity contribution in [1.29, 1.82) is 0 Å². The molecule has 0 bridgehead atoms. The first kappa shape index (κ1) is 17.9. The smallest absolute Gasteiger partial charge is 0.335 e. The lowest BCUT2D eigenvalue weighted by molar-refractivity contribution is 0.0696. The van der Waals surface area contributed by atoms with E-state index in [-0.39, 0.29) is 22.8 Å². The van der Waals surface area contributed by atoms with E-state index in [0.29, 0.717) is 17.7 Å². The number of para-hydroxylation sites is 1. The van der Waals surface area contributed by atoms with Crippen LogP contribution in [0.25, 0.3) is 11.0 Å². The normalized spacial score (nSPS) is 11.6. The van der Waals surface area contributed by atoms with Gasteiger partial charge in [0.25, 0.3) is 0 Å². The standard InChI is InChI=1S/C17H16N2O6S/c1-24-15-10-11(17(20)21)6-7-16(15)26(22,23)18-9-8-13-12-4-2-3-5-14(12)25-19-13/h2-7,10,18H,8-9H2,1H3,(H,20,21). The van der Waals surface area contributed by atoms with E-state index >= 15 is 0 Å². The quantitative estimate of drug-likeness (QED) is 0.648. The molecular formula is C17H16N2O6S. The highest BCUT2D eigenvalue weighted by atomic mass is 32.2. The number of ether oxygens (including phenoxy) is 1. The van der Waals surface area contributed by atoms with E-state index in [2.05, 4.69) is 9.88 Å². The zero-order valence-corrected chi connectivity index (χ0v) is 14.6. The zero-order chi connectivity index (χ0) is 18.7. The van der Waals surface area contributed by atoms with Crippen LogP contribution in [0.2, 0.25) is 0 Å². The maximum Gasteiger partial charge on any atom is 0.335 e. The van der Waals surface area contributed by atoms with Crippen molar-refractivity contribution in [3.63, 3.8) is 0 Å². The first-order chi connectivity index (χ1) is 12.4. The highest BCUT2D eigenvalue weighted by molar-refractivity contribution is 7.89. The predicted molar refractivity (Wildman–Crippen MR) is 92.9 cm³/mol. The second-order valence-corrected chi connectivity index (χ2v) is 7.18. The van der Waals surface area contributed by atoms with Gasteiger partial charge >= 0.3 is 5.97 Å². The molecule has 0 amide bonds. The van der Waals surface area contributed by atoms with Gasteiger partial charge in [0.15, 0.2) is 5.58 Å². The fourth-order valence-corrected chi connectivity index (χ4v) is 3.70. The number of benzene rings is 2. The average Bonchev–Trinajstić information content (AvgIpc) is 3.04. The summed E-state index contributed by atoms with van der Waals surface area (Å²) >= 11 is 0. The summed E-state index contributed by atoms with van der Waals surface area (Å²) in [5.74, 6) is -1.21. The second-order valence-electron chi connectivity index (χ2n) is 5.44. The van der Waals surface area contributed by atoms with Crippen molar-refractivity contribution in [1.82, 2.24) is 9.88 Å². The van der Waals surface area contributed by atoms with Crippen LogP contribution in [0.5, 0.6) is 5.75 Å². The number of methoxy groups -OCH3 is 1. The fourth-order valence-electron chi connectivity index (χ4n) is 2.52. The summed E-state index contributed by atoms with van der Waals surface area (Å²) in [5, 5.41) is 13.8. The molecule has 26 heavy (non-hydrogen) atoms. The summed E-state index contributed by atoms with van der Waals surface area (Å²) in [4.78, 5) is 10.9. The Bertz CT molecular complexity index is 1060. The Balaban J connectivity index is 1.76. The van der Waals surface area contributed by atoms with E-state index in [0.717, 1.165) is 5.39 Å². The molecule has 2 N–H and O–H groups in total. The van der Waals surface area contributed by atoms with Crippen molar-refractivity contribution in [2.75, 3.05) is 13.7 Å². The summed E-state index contributed by atoms with van der Waals surface area (Å²) in [6, 6.07) is 10.9. The van der Waals surface area contributed by atoms with E-state index in [9.17, 15) is 13.2 Å². The van der Waals surface area contributed by atoms with Crippen molar-refractivity contribution in [2.45, 2.75) is 11.3 Å². The Morgan fingerprint density at radius 3 is 2.77 bits per heavy atom. The molecule has 9 heteroatoms. The molecule has 3 aromatic rings. The van der Waals surface area contributed by atoms with Crippen molar-refractivity contribution < 1.29 is 27.6 Å². The van der Waals surface area contributed by atoms with Crippen molar-refractivity contribution in [3.8, 4) is 5.75 Å². The Labute approximate surface area is 149 Å². The molecule has 0 radical (unpaired) electrons. The monoisotopic (exact) mass is 376 g/mol. The summed E-state index contributed by atoms with van der Waals surface area (Å²) in [6.45, 7) is 0.0999. The van der Waals surface area contributed by atoms with Gasteiger partial charge < -0.3 is 14.4 Å². The molecule has 0 aliphatic heterocycles. The van der Waals surface area contributed by atoms with E-state index in [1.165, 1.54) is 25.3 Å². The molecule has 0 aliphatic rings. The number of aromatic nitrogens is 1. The van der Waals surface area contributed by atoms with Gasteiger partial charge in [0, 0.05) is 18.4 Å². The molecular weight excluding hydrogens is 360 g/mol. The Morgan fingerprint density at radius 1 is 1.27 bits per heavy atom. The highest BCUT2D eigenvalue weighted by Gasteiger charge is 2.21. The van der Waals surface area contributed by atoms with Crippen LogP contribution in [0.3, 0.4) is 0 Å². The molecule has 2 aromatic carbocycles. The van der Waals surface area contributed by atoms with Gasteiger partial charge in [-0.15, -0.1) is 0 Å². The number of carboxylic acid groups (broad SMARTS) is 1. The summed E-state index contributed by atoms with van der Waals surface area (Å²) in [7, 11) is -2.60. The summed E-state index contributed by atoms with van der Waals surface area (Å²) in [6.07, 6.45) is 0.339. The maximum atomic E-state index is 12.5. The molecule has 8 nitrogen and oxygen atoms in total. The molecule has 0 saturated carbocycles. The van der Waals surface area contributed by atoms with Crippen LogP contribution in [0.15, 0.2) is 51.9 Å². The van der Waals surface area contributed by atoms with Crippen molar-refractivity contribution in [3.05, 3.63) is 53.7 Å². The van der Waals surface area contributed by atoms with Crippen LogP contribution in [-0.2, 0) is 16.4 Å². The third-order valence-corrected chi connectivity index (χ3v) is 5.31. The van der Waals surface area contributed by atoms with Gasteiger partial charge in [-0.05, 0) is 30.3 Å². The molecule has 1 aromatic heterocycles. The number of sulfonamides is 1. The molecule has 136 valence electrons. The molecule has 1 heterocycles. The van der Waals surface area contributed by atoms with Crippen molar-refractivity contribution >= 4 is 27.0 Å². The van der Waals surface area contributed by atoms with E-state index in [1.807, 2.05) is 18.2 Å². The van der Waals surface area contributed by atoms with Gasteiger partial charge in [-0.2, -0.15) is 0 Å². The topological polar surface area (TPSA) is 119 Å². The maximum absolute atomic E-state index is 12.5. The largest absolute Gasteiger partial charge is 0.495 e. The van der Waals surface area contributed by atoms with Crippen LogP contribution >= 0.6 is 0 Å². The fraction of sp³-hybridized carbons (Fsp3) is 0.176. The van der Waals surface area contributed by atoms with Gasteiger partial charge in [-0.1, -0.05) is 17.3 Å². The number of aromatic carboxylic acids is 1. The first-order valence-electron chi connectivity index (χ1n) is 7.66. The number of carboxylic acids is 1. The molecule has 0 atom stereocenters. The van der Waals surface area contributed by atoms with E-state index in [4.69, 9.17) is 14.4 Å². The average molecular weight is 376 g/mol. The van der Waals surface area contributed by atoms with Gasteiger partial charge in [-0.3, -0.25) is 0 Å². The van der Waals surface area contributed by atoms with Gasteiger partial charge in [0.2, 0.25) is 10.0 Å². The van der Waals surface area contributed by atoms with Crippen LogP contribution < -0.4 is 9.46 Å². The zero-order valence-electron chi connectivity index (χ0n) is 13.8. The SMILES string of the molecule is COc1cc(C(=O)O)ccc1S(=O)(=O)NCCc1noc2ccccc12. The minimum Gasteiger partial charge on any atom is -0.495 e. The van der Waals surface area contributed by atoms with Crippen LogP contribution in [-0.4, -0.2) is 38.3 Å². The number of carbonyl (C=O) groups is 1. The highest BCUT2D eigenvalue weighted by Crippen LogP contribution is 2.25. The van der Waals surface area contributed by atoms with E-state index < -0.39 is 16.0 Å². The first-order valence-corrected chi connectivity index (χ1v) is 9.15. The Kier molecular flexibility index (Phi) is 4.92. The lowest BCUT2D eigenvalue weighted by Gasteiger charge is -2.11. The van der Waals surface area contributed by atoms with E-state index in [1.54, 1.807) is 6.07 Å². The van der Waals surface area contributed by atoms with Gasteiger partial charge in [0.1, 0.15) is 10.6 Å². The third-order valence-electron chi connectivity index (χ3n) is 3.81. The number of hydrogen-bond acceptors (Lipinski definition) is 6. The minimum atomic E-state index is -3.88. The molecule has 0 spiro atoms. The molecule has 0 fully saturated rings. The number of nitrogens with one attached hydrogen (secondary N) is 1. The Morgan fingerprint density at radius 2 is 2.04 bits per heavy atom. The predicted octanol–water partition coefficient (Wildman–Crippen LogP) is 2.06. The summed E-state index contributed by atoms with van der Waals surface area (Å²) in [5.41, 5.74) is 1.22. The molecule has 0 saturated heterocycles. The van der Waals surface area contributed by atoms with Gasteiger partial charge in [-0.25, -0.2) is 17.9 Å². The number of fused-ring (bicyclic) bond motifs is 1. The van der Waals surface area contributed by atoms with Crippen LogP contribution in [0.1, 0.15) is 16.1 Å². The van der Waals surface area contributed by atoms with Crippen LogP contribution in [0.4, 0.5) is 0 Å². The molecule has 0 unspecified atom stereocenters. The Hall–Kier alpha value is -2.91. The lowest BCUT2D eigenvalue weighted by Crippen LogP contribution is -2.26. The third kappa shape index (κ3) is 3.53. The lowest BCUT2D eigenvalue weighted by atomic mass is 10.2. The van der Waals surface area contributed by atoms with Gasteiger partial charge in [0.05, 0.1) is 18.4 Å². The molecule has 3 rings (SSSR count). The van der Waals surface area contributed by atoms with Crippen molar-refractivity contribution in [2.24, 2.45) is 0 Å². The molecule has 0 aliphatic carbocycles. The number of nitrogens with zero attached hydrogens (tertiary/aromatic N) is 1.